The molecule has 0 saturated heterocycles. The lowest BCUT2D eigenvalue weighted by Crippen LogP contribution is -2.33. The predicted molar refractivity (Wildman–Crippen MR) is 151 cm³/mol. The third kappa shape index (κ3) is 7.04. The fourth-order valence-electron chi connectivity index (χ4n) is 4.34. The number of aryl methyl sites for hydroxylation is 1. The van der Waals surface area contributed by atoms with E-state index in [0.29, 0.717) is 18.0 Å². The van der Waals surface area contributed by atoms with E-state index in [1.807, 2.05) is 91.0 Å². The maximum Gasteiger partial charge on any atom is 0.331 e. The summed E-state index contributed by atoms with van der Waals surface area (Å²) >= 11 is 0. The molecule has 39 heavy (non-hydrogen) atoms. The molecule has 200 valence electrons. The first-order chi connectivity index (χ1) is 18.6. The van der Waals surface area contributed by atoms with Crippen molar-refractivity contribution in [2.45, 2.75) is 52.3 Å². The Morgan fingerprint density at radius 3 is 1.95 bits per heavy atom. The van der Waals surface area contributed by atoms with Crippen molar-refractivity contribution in [3.8, 4) is 0 Å². The molecule has 0 unspecified atom stereocenters. The Morgan fingerprint density at radius 2 is 1.46 bits per heavy atom. The molecule has 4 aromatic rings. The Kier molecular flexibility index (Phi) is 8.34. The number of hydrogen-bond acceptors (Lipinski definition) is 6. The maximum atomic E-state index is 13.6. The summed E-state index contributed by atoms with van der Waals surface area (Å²) in [6, 6.07) is 27.6. The second-order valence-electron chi connectivity index (χ2n) is 10.2. The summed E-state index contributed by atoms with van der Waals surface area (Å²) in [6.45, 7) is 7.28. The summed E-state index contributed by atoms with van der Waals surface area (Å²) in [4.78, 5) is 30.2. The Hall–Kier alpha value is -4.59. The number of rotatable bonds is 9. The number of aliphatic imine (C=N–C) groups is 1. The minimum absolute atomic E-state index is 0.0535. The van der Waals surface area contributed by atoms with Crippen LogP contribution in [0.3, 0.4) is 0 Å². The average molecular weight is 525 g/mol. The van der Waals surface area contributed by atoms with E-state index in [0.717, 1.165) is 16.7 Å². The summed E-state index contributed by atoms with van der Waals surface area (Å²) in [5.74, 6) is -0.564. The Labute approximate surface area is 228 Å². The number of benzene rings is 3. The smallest absolute Gasteiger partial charge is 0.331 e. The molecule has 1 heterocycles. The van der Waals surface area contributed by atoms with Crippen LogP contribution in [0.5, 0.6) is 0 Å². The van der Waals surface area contributed by atoms with E-state index in [2.05, 4.69) is 5.10 Å². The Bertz CT molecular complexity index is 1420. The van der Waals surface area contributed by atoms with Crippen molar-refractivity contribution < 1.29 is 14.5 Å². The molecule has 0 amide bonds. The van der Waals surface area contributed by atoms with Crippen LogP contribution in [0.25, 0.3) is 0 Å². The summed E-state index contributed by atoms with van der Waals surface area (Å²) in [5.41, 5.74) is 2.89. The van der Waals surface area contributed by atoms with Crippen LogP contribution in [-0.4, -0.2) is 38.0 Å². The van der Waals surface area contributed by atoms with Crippen molar-refractivity contribution in [2.75, 3.05) is 0 Å². The van der Waals surface area contributed by atoms with E-state index in [-0.39, 0.29) is 17.8 Å². The standard InChI is InChI=1S/C31H32N4O4/c1-22-29(35(37)38)27(34(33-22)21-23-14-8-5-9-15-23)20-26(30(36)39-31(2,3)4)32-28(24-16-10-6-11-17-24)25-18-12-7-13-19-25/h5-19,26H,20-21H2,1-4H3/t26-/m0/s1. The lowest BCUT2D eigenvalue weighted by atomic mass is 10.0. The molecule has 8 heteroatoms. The van der Waals surface area contributed by atoms with E-state index in [1.54, 1.807) is 32.4 Å². The highest BCUT2D eigenvalue weighted by Gasteiger charge is 2.33. The predicted octanol–water partition coefficient (Wildman–Crippen LogP) is 5.94. The van der Waals surface area contributed by atoms with Gasteiger partial charge in [0.05, 0.1) is 17.2 Å². The van der Waals surface area contributed by atoms with Gasteiger partial charge < -0.3 is 4.74 Å². The average Bonchev–Trinajstić information content (AvgIpc) is 3.21. The van der Waals surface area contributed by atoms with Crippen molar-refractivity contribution in [3.63, 3.8) is 0 Å². The molecule has 0 aliphatic rings. The van der Waals surface area contributed by atoms with Gasteiger partial charge in [0, 0.05) is 17.5 Å². The molecule has 0 saturated carbocycles. The fraction of sp³-hybridized carbons (Fsp3) is 0.258. The molecule has 0 aliphatic carbocycles. The molecule has 0 bridgehead atoms. The number of hydrogen-bond donors (Lipinski definition) is 0. The molecule has 3 aromatic carbocycles. The van der Waals surface area contributed by atoms with Crippen LogP contribution in [-0.2, 0) is 22.5 Å². The number of aromatic nitrogens is 2. The number of nitrogens with zero attached hydrogens (tertiary/aromatic N) is 4. The SMILES string of the molecule is Cc1nn(Cc2ccccc2)c(C[C@H](N=C(c2ccccc2)c2ccccc2)C(=O)OC(C)(C)C)c1[N+](=O)[O-]. The van der Waals surface area contributed by atoms with Gasteiger partial charge >= 0.3 is 11.7 Å². The summed E-state index contributed by atoms with van der Waals surface area (Å²) < 4.78 is 7.36. The molecule has 0 aliphatic heterocycles. The highest BCUT2D eigenvalue weighted by molar-refractivity contribution is 6.13. The Balaban J connectivity index is 1.85. The van der Waals surface area contributed by atoms with Crippen LogP contribution < -0.4 is 0 Å². The molecule has 4 rings (SSSR count). The van der Waals surface area contributed by atoms with Gasteiger partial charge in [0.15, 0.2) is 6.04 Å². The van der Waals surface area contributed by atoms with Gasteiger partial charge in [-0.05, 0) is 33.3 Å². The van der Waals surface area contributed by atoms with Gasteiger partial charge in [-0.1, -0.05) is 91.0 Å². The van der Waals surface area contributed by atoms with E-state index < -0.39 is 22.5 Å². The monoisotopic (exact) mass is 524 g/mol. The van der Waals surface area contributed by atoms with Gasteiger partial charge in [0.25, 0.3) is 0 Å². The summed E-state index contributed by atoms with van der Waals surface area (Å²) in [5, 5.41) is 16.6. The molecular weight excluding hydrogens is 492 g/mol. The van der Waals surface area contributed by atoms with Crippen LogP contribution >= 0.6 is 0 Å². The third-order valence-electron chi connectivity index (χ3n) is 6.00. The third-order valence-corrected chi connectivity index (χ3v) is 6.00. The van der Waals surface area contributed by atoms with Gasteiger partial charge in [0.1, 0.15) is 17.0 Å². The Morgan fingerprint density at radius 1 is 0.949 bits per heavy atom. The number of esters is 1. The highest BCUT2D eigenvalue weighted by Crippen LogP contribution is 2.27. The van der Waals surface area contributed by atoms with Crippen LogP contribution in [0.1, 0.15) is 48.8 Å². The minimum Gasteiger partial charge on any atom is -0.458 e. The first-order valence-corrected chi connectivity index (χ1v) is 12.8. The molecule has 0 radical (unpaired) electrons. The maximum absolute atomic E-state index is 13.6. The zero-order valence-corrected chi connectivity index (χ0v) is 22.6. The lowest BCUT2D eigenvalue weighted by Gasteiger charge is -2.23. The van der Waals surface area contributed by atoms with Crippen LogP contribution in [0.4, 0.5) is 5.69 Å². The van der Waals surface area contributed by atoms with Gasteiger partial charge in [-0.15, -0.1) is 0 Å². The summed E-state index contributed by atoms with van der Waals surface area (Å²) in [7, 11) is 0. The van der Waals surface area contributed by atoms with Gasteiger partial charge in [-0.3, -0.25) is 19.8 Å². The van der Waals surface area contributed by atoms with E-state index in [1.165, 1.54) is 0 Å². The second-order valence-corrected chi connectivity index (χ2v) is 10.2. The van der Waals surface area contributed by atoms with Crippen molar-refractivity contribution in [3.05, 3.63) is 129 Å². The van der Waals surface area contributed by atoms with Crippen LogP contribution in [0.2, 0.25) is 0 Å². The summed E-state index contributed by atoms with van der Waals surface area (Å²) in [6.07, 6.45) is -0.0535. The van der Waals surface area contributed by atoms with E-state index in [4.69, 9.17) is 9.73 Å². The molecule has 0 N–H and O–H groups in total. The van der Waals surface area contributed by atoms with Crippen molar-refractivity contribution in [1.82, 2.24) is 9.78 Å². The molecule has 8 nitrogen and oxygen atoms in total. The van der Waals surface area contributed by atoms with Crippen molar-refractivity contribution in [1.29, 1.82) is 0 Å². The van der Waals surface area contributed by atoms with Gasteiger partial charge in [0.2, 0.25) is 0 Å². The zero-order valence-electron chi connectivity index (χ0n) is 22.6. The zero-order chi connectivity index (χ0) is 28.0. The van der Waals surface area contributed by atoms with Gasteiger partial charge in [-0.25, -0.2) is 4.79 Å². The van der Waals surface area contributed by atoms with E-state index in [9.17, 15) is 14.9 Å². The van der Waals surface area contributed by atoms with Crippen molar-refractivity contribution in [2.24, 2.45) is 4.99 Å². The molecule has 0 spiro atoms. The molecule has 1 atom stereocenters. The topological polar surface area (TPSA) is 99.6 Å². The fourth-order valence-corrected chi connectivity index (χ4v) is 4.34. The highest BCUT2D eigenvalue weighted by atomic mass is 16.6. The number of ether oxygens (including phenoxy) is 1. The van der Waals surface area contributed by atoms with E-state index >= 15 is 0 Å². The number of carbonyl (C=O) groups is 1. The first kappa shape index (κ1) is 27.4. The minimum atomic E-state index is -1.05. The first-order valence-electron chi connectivity index (χ1n) is 12.8. The lowest BCUT2D eigenvalue weighted by molar-refractivity contribution is -0.386. The largest absolute Gasteiger partial charge is 0.458 e. The molecule has 1 aromatic heterocycles. The quantitative estimate of drug-likeness (QED) is 0.117. The molecular formula is C31H32N4O4. The number of nitro groups is 1. The van der Waals surface area contributed by atoms with Crippen molar-refractivity contribution >= 4 is 17.4 Å². The second kappa shape index (κ2) is 11.9. The van der Waals surface area contributed by atoms with Gasteiger partial charge in [-0.2, -0.15) is 5.10 Å². The van der Waals surface area contributed by atoms with Crippen LogP contribution in [0, 0.1) is 17.0 Å². The van der Waals surface area contributed by atoms with Crippen LogP contribution in [0.15, 0.2) is 96.0 Å². The number of carbonyl (C=O) groups excluding carboxylic acids is 1. The molecule has 0 fully saturated rings. The normalized spacial score (nSPS) is 12.0.